The van der Waals surface area contributed by atoms with Crippen LogP contribution in [-0.4, -0.2) is 23.0 Å². The number of carbonyl (C=O) groups is 1. The molecule has 1 unspecified atom stereocenters. The van der Waals surface area contributed by atoms with E-state index in [0.717, 1.165) is 11.3 Å². The Kier molecular flexibility index (Phi) is 6.21. The van der Waals surface area contributed by atoms with Crippen molar-refractivity contribution < 1.29 is 4.79 Å². The highest BCUT2D eigenvalue weighted by Crippen LogP contribution is 2.19. The van der Waals surface area contributed by atoms with Gasteiger partial charge in [0, 0.05) is 12.2 Å². The Hall–Kier alpha value is -1.78. The minimum atomic E-state index is -0.408. The van der Waals surface area contributed by atoms with E-state index < -0.39 is 5.54 Å². The number of halogens is 1. The van der Waals surface area contributed by atoms with Crippen molar-refractivity contribution in [3.63, 3.8) is 0 Å². The molecule has 0 saturated heterocycles. The highest BCUT2D eigenvalue weighted by Gasteiger charge is 2.29. The molecule has 4 nitrogen and oxygen atoms in total. The van der Waals surface area contributed by atoms with E-state index in [1.54, 1.807) is 6.07 Å². The van der Waals surface area contributed by atoms with Crippen molar-refractivity contribution in [2.45, 2.75) is 26.3 Å². The number of aromatic amines is 1. The molecule has 5 heteroatoms. The highest BCUT2D eigenvalue weighted by molar-refractivity contribution is 5.93. The number of aromatic nitrogens is 1. The van der Waals surface area contributed by atoms with E-state index in [0.29, 0.717) is 12.2 Å². The van der Waals surface area contributed by atoms with Gasteiger partial charge in [0.25, 0.3) is 5.91 Å². The fourth-order valence-electron chi connectivity index (χ4n) is 2.07. The first-order valence-corrected chi connectivity index (χ1v) is 7.23. The van der Waals surface area contributed by atoms with Crippen LogP contribution in [0.3, 0.4) is 0 Å². The van der Waals surface area contributed by atoms with Crippen LogP contribution in [0.2, 0.25) is 0 Å². The first-order valence-electron chi connectivity index (χ1n) is 7.23. The van der Waals surface area contributed by atoms with Gasteiger partial charge in [-0.15, -0.1) is 12.4 Å². The fourth-order valence-corrected chi connectivity index (χ4v) is 2.07. The molecule has 0 spiro atoms. The summed E-state index contributed by atoms with van der Waals surface area (Å²) in [6.45, 7) is 6.48. The topological polar surface area (TPSA) is 70.9 Å². The van der Waals surface area contributed by atoms with E-state index in [-0.39, 0.29) is 24.2 Å². The number of nitrogens with one attached hydrogen (secondary N) is 2. The molecule has 22 heavy (non-hydrogen) atoms. The van der Waals surface area contributed by atoms with Crippen LogP contribution >= 0.6 is 12.4 Å². The second-order valence-corrected chi connectivity index (χ2v) is 5.88. The number of hydrogen-bond donors (Lipinski definition) is 3. The lowest BCUT2D eigenvalue weighted by molar-refractivity contribution is 0.0878. The summed E-state index contributed by atoms with van der Waals surface area (Å²) in [5.41, 5.74) is 7.94. The van der Waals surface area contributed by atoms with E-state index in [4.69, 9.17) is 5.73 Å². The highest BCUT2D eigenvalue weighted by atomic mass is 35.5. The zero-order chi connectivity index (χ0) is 15.5. The molecule has 1 aromatic heterocycles. The molecule has 2 aromatic rings. The Morgan fingerprint density at radius 1 is 1.23 bits per heavy atom. The monoisotopic (exact) mass is 321 g/mol. The average Bonchev–Trinajstić information content (AvgIpc) is 2.97. The van der Waals surface area contributed by atoms with Gasteiger partial charge in [0.15, 0.2) is 0 Å². The number of carbonyl (C=O) groups excluding carboxylic acids is 1. The molecule has 1 heterocycles. The number of amides is 1. The van der Waals surface area contributed by atoms with Crippen molar-refractivity contribution in [1.29, 1.82) is 0 Å². The summed E-state index contributed by atoms with van der Waals surface area (Å²) < 4.78 is 0. The normalized spacial score (nSPS) is 13.3. The minimum Gasteiger partial charge on any atom is -0.351 e. The predicted octanol–water partition coefficient (Wildman–Crippen LogP) is 3.21. The molecule has 4 N–H and O–H groups in total. The zero-order valence-corrected chi connectivity index (χ0v) is 14.0. The minimum absolute atomic E-state index is 0. The number of H-pyrrole nitrogens is 1. The maximum absolute atomic E-state index is 12.4. The van der Waals surface area contributed by atoms with Crippen LogP contribution in [0.5, 0.6) is 0 Å². The van der Waals surface area contributed by atoms with Crippen molar-refractivity contribution in [2.75, 3.05) is 6.54 Å². The van der Waals surface area contributed by atoms with Crippen LogP contribution in [0, 0.1) is 5.92 Å². The van der Waals surface area contributed by atoms with Crippen LogP contribution in [0.1, 0.15) is 31.3 Å². The fraction of sp³-hybridized carbons (Fsp3) is 0.353. The summed E-state index contributed by atoms with van der Waals surface area (Å²) in [5.74, 6) is 0.133. The summed E-state index contributed by atoms with van der Waals surface area (Å²) in [4.78, 5) is 15.5. The smallest absolute Gasteiger partial charge is 0.268 e. The molecule has 0 saturated carbocycles. The van der Waals surface area contributed by atoms with Gasteiger partial charge in [-0.3, -0.25) is 4.79 Å². The maximum Gasteiger partial charge on any atom is 0.268 e. The van der Waals surface area contributed by atoms with E-state index in [9.17, 15) is 4.79 Å². The van der Waals surface area contributed by atoms with Crippen LogP contribution in [0.15, 0.2) is 42.5 Å². The Labute approximate surface area is 137 Å². The van der Waals surface area contributed by atoms with Crippen LogP contribution in [0.4, 0.5) is 0 Å². The molecule has 0 aliphatic carbocycles. The summed E-state index contributed by atoms with van der Waals surface area (Å²) >= 11 is 0. The van der Waals surface area contributed by atoms with Crippen molar-refractivity contribution >= 4 is 18.3 Å². The largest absolute Gasteiger partial charge is 0.351 e. The molecule has 0 bridgehead atoms. The van der Waals surface area contributed by atoms with Gasteiger partial charge in [-0.2, -0.15) is 0 Å². The lowest BCUT2D eigenvalue weighted by atomic mass is 9.88. The predicted molar refractivity (Wildman–Crippen MR) is 93.2 cm³/mol. The third-order valence-electron chi connectivity index (χ3n) is 4.11. The molecule has 0 aliphatic rings. The number of nitrogens with two attached hydrogens (primary N) is 1. The van der Waals surface area contributed by atoms with Crippen molar-refractivity contribution in [3.8, 4) is 11.3 Å². The lowest BCUT2D eigenvalue weighted by Gasteiger charge is -2.33. The van der Waals surface area contributed by atoms with Gasteiger partial charge < -0.3 is 16.0 Å². The SMILES string of the molecule is CC(C)C(C)(CN)NC(=O)c1ccc(-c2ccccc2)[nH]1.Cl. The third kappa shape index (κ3) is 3.90. The molecular formula is C17H24ClN3O. The molecule has 1 atom stereocenters. The van der Waals surface area contributed by atoms with E-state index in [1.165, 1.54) is 0 Å². The third-order valence-corrected chi connectivity index (χ3v) is 4.11. The van der Waals surface area contributed by atoms with Gasteiger partial charge in [0.05, 0.1) is 5.54 Å². The quantitative estimate of drug-likeness (QED) is 0.791. The maximum atomic E-state index is 12.4. The van der Waals surface area contributed by atoms with Gasteiger partial charge in [0.1, 0.15) is 5.69 Å². The molecule has 0 radical (unpaired) electrons. The second kappa shape index (κ2) is 7.47. The Morgan fingerprint density at radius 3 is 2.41 bits per heavy atom. The second-order valence-electron chi connectivity index (χ2n) is 5.88. The van der Waals surface area contributed by atoms with Crippen molar-refractivity contribution in [1.82, 2.24) is 10.3 Å². The van der Waals surface area contributed by atoms with Gasteiger partial charge in [0.2, 0.25) is 0 Å². The summed E-state index contributed by atoms with van der Waals surface area (Å²) in [6, 6.07) is 13.6. The van der Waals surface area contributed by atoms with Gasteiger partial charge >= 0.3 is 0 Å². The molecule has 120 valence electrons. The number of rotatable bonds is 5. The first-order chi connectivity index (χ1) is 9.96. The van der Waals surface area contributed by atoms with Gasteiger partial charge in [-0.1, -0.05) is 44.2 Å². The van der Waals surface area contributed by atoms with Gasteiger partial charge in [-0.05, 0) is 30.5 Å². The zero-order valence-electron chi connectivity index (χ0n) is 13.2. The van der Waals surface area contributed by atoms with E-state index >= 15 is 0 Å². The standard InChI is InChI=1S/C17H23N3O.ClH/c1-12(2)17(3,11-18)20-16(21)15-10-9-14(19-15)13-7-5-4-6-8-13;/h4-10,12,19H,11,18H2,1-3H3,(H,20,21);1H. The molecule has 0 fully saturated rings. The Morgan fingerprint density at radius 2 is 1.86 bits per heavy atom. The number of hydrogen-bond acceptors (Lipinski definition) is 2. The molecular weight excluding hydrogens is 298 g/mol. The molecule has 0 aliphatic heterocycles. The molecule has 2 rings (SSSR count). The van der Waals surface area contributed by atoms with Gasteiger partial charge in [-0.25, -0.2) is 0 Å². The summed E-state index contributed by atoms with van der Waals surface area (Å²) in [7, 11) is 0. The van der Waals surface area contributed by atoms with Crippen LogP contribution < -0.4 is 11.1 Å². The van der Waals surface area contributed by atoms with E-state index in [1.807, 2.05) is 43.3 Å². The average molecular weight is 322 g/mol. The molecule has 1 aromatic carbocycles. The van der Waals surface area contributed by atoms with Crippen molar-refractivity contribution in [3.05, 3.63) is 48.2 Å². The first kappa shape index (κ1) is 18.3. The lowest BCUT2D eigenvalue weighted by Crippen LogP contribution is -2.55. The van der Waals surface area contributed by atoms with Crippen molar-refractivity contribution in [2.24, 2.45) is 11.7 Å². The molecule has 1 amide bonds. The number of benzene rings is 1. The van der Waals surface area contributed by atoms with Crippen LogP contribution in [0.25, 0.3) is 11.3 Å². The summed E-state index contributed by atoms with van der Waals surface area (Å²) in [5, 5.41) is 3.03. The van der Waals surface area contributed by atoms with E-state index in [2.05, 4.69) is 24.1 Å². The van der Waals surface area contributed by atoms with Crippen LogP contribution in [-0.2, 0) is 0 Å². The Balaban J connectivity index is 0.00000242. The summed E-state index contributed by atoms with van der Waals surface area (Å²) in [6.07, 6.45) is 0. The Bertz CT molecular complexity index is 609.